The molecule has 28 heavy (non-hydrogen) atoms. The highest BCUT2D eigenvalue weighted by molar-refractivity contribution is 6.30. The zero-order chi connectivity index (χ0) is 20.0. The van der Waals surface area contributed by atoms with E-state index in [-0.39, 0.29) is 11.9 Å². The maximum atomic E-state index is 13.4. The largest absolute Gasteiger partial charge is 0.338 e. The highest BCUT2D eigenvalue weighted by Gasteiger charge is 2.30. The summed E-state index contributed by atoms with van der Waals surface area (Å²) in [6.07, 6.45) is 2.60. The van der Waals surface area contributed by atoms with Crippen molar-refractivity contribution in [2.45, 2.75) is 25.9 Å². The Kier molecular flexibility index (Phi) is 4.89. The molecule has 1 aliphatic heterocycles. The lowest BCUT2D eigenvalue weighted by atomic mass is 9.91. The molecule has 1 unspecified atom stereocenters. The molecule has 0 fully saturated rings. The molecule has 0 spiro atoms. The number of halogens is 1. The number of hydrogen-bond acceptors (Lipinski definition) is 3. The molecular formula is C22H25ClN4O. The van der Waals surface area contributed by atoms with Gasteiger partial charge in [0.15, 0.2) is 0 Å². The Hall–Kier alpha value is -2.37. The average Bonchev–Trinajstić information content (AvgIpc) is 2.97. The number of pyridine rings is 1. The van der Waals surface area contributed by atoms with Crippen LogP contribution in [0.3, 0.4) is 0 Å². The lowest BCUT2D eigenvalue weighted by Gasteiger charge is -2.35. The van der Waals surface area contributed by atoms with Crippen LogP contribution < -0.4 is 0 Å². The number of nitrogens with zero attached hydrogens (tertiary/aromatic N) is 4. The van der Waals surface area contributed by atoms with Gasteiger partial charge in [-0.15, -0.1) is 0 Å². The third-order valence-corrected chi connectivity index (χ3v) is 5.83. The number of aryl methyl sites for hydroxylation is 1. The maximum absolute atomic E-state index is 13.4. The van der Waals surface area contributed by atoms with Gasteiger partial charge in [0.1, 0.15) is 10.8 Å². The van der Waals surface area contributed by atoms with E-state index in [1.54, 1.807) is 12.3 Å². The van der Waals surface area contributed by atoms with Crippen LogP contribution in [0, 0.1) is 0 Å². The standard InChI is InChI=1S/C22H25ClN4O/c1-14-18-6-5-15(13-25(2)3)9-16(18)7-8-27(14)22(28)19-10-17-11-21(23)24-12-20(17)26(19)4/h5-6,9-12,14H,7-8,13H2,1-4H3. The first kappa shape index (κ1) is 19.0. The fraction of sp³-hybridized carbons (Fsp3) is 0.364. The van der Waals surface area contributed by atoms with E-state index in [1.165, 1.54) is 16.7 Å². The van der Waals surface area contributed by atoms with E-state index in [0.29, 0.717) is 10.8 Å². The zero-order valence-corrected chi connectivity index (χ0v) is 17.5. The van der Waals surface area contributed by atoms with Gasteiger partial charge in [0.25, 0.3) is 5.91 Å². The van der Waals surface area contributed by atoms with E-state index >= 15 is 0 Å². The predicted octanol–water partition coefficient (Wildman–Crippen LogP) is 4.05. The third kappa shape index (κ3) is 3.29. The monoisotopic (exact) mass is 396 g/mol. The molecule has 0 aliphatic carbocycles. The molecule has 1 atom stereocenters. The highest BCUT2D eigenvalue weighted by Crippen LogP contribution is 2.32. The number of carbonyl (C=O) groups excluding carboxylic acids is 1. The minimum atomic E-state index is 0.0457. The number of benzene rings is 1. The van der Waals surface area contributed by atoms with Crippen LogP contribution in [-0.4, -0.2) is 45.9 Å². The van der Waals surface area contributed by atoms with Crippen LogP contribution in [0.4, 0.5) is 0 Å². The quantitative estimate of drug-likeness (QED) is 0.627. The van der Waals surface area contributed by atoms with E-state index < -0.39 is 0 Å². The number of amides is 1. The molecule has 4 rings (SSSR count). The van der Waals surface area contributed by atoms with Crippen LogP contribution >= 0.6 is 11.6 Å². The Morgan fingerprint density at radius 1 is 1.29 bits per heavy atom. The fourth-order valence-corrected chi connectivity index (χ4v) is 4.35. The van der Waals surface area contributed by atoms with Crippen LogP contribution in [0.2, 0.25) is 5.15 Å². The molecule has 3 aromatic rings. The summed E-state index contributed by atoms with van der Waals surface area (Å²) in [5, 5.41) is 1.37. The molecule has 0 saturated carbocycles. The molecule has 1 amide bonds. The van der Waals surface area contributed by atoms with Crippen molar-refractivity contribution in [3.63, 3.8) is 0 Å². The summed E-state index contributed by atoms with van der Waals surface area (Å²) in [5.74, 6) is 0.0466. The molecule has 5 nitrogen and oxygen atoms in total. The van der Waals surface area contributed by atoms with E-state index in [9.17, 15) is 4.79 Å². The molecule has 1 aliphatic rings. The fourth-order valence-electron chi connectivity index (χ4n) is 4.19. The van der Waals surface area contributed by atoms with Gasteiger partial charge >= 0.3 is 0 Å². The first-order valence-electron chi connectivity index (χ1n) is 9.53. The maximum Gasteiger partial charge on any atom is 0.271 e. The Morgan fingerprint density at radius 2 is 2.07 bits per heavy atom. The van der Waals surface area contributed by atoms with Crippen molar-refractivity contribution in [1.29, 1.82) is 0 Å². The Morgan fingerprint density at radius 3 is 2.82 bits per heavy atom. The van der Waals surface area contributed by atoms with Gasteiger partial charge in [-0.1, -0.05) is 29.8 Å². The van der Waals surface area contributed by atoms with Crippen molar-refractivity contribution in [1.82, 2.24) is 19.4 Å². The second kappa shape index (κ2) is 7.22. The molecule has 0 radical (unpaired) electrons. The Bertz CT molecular complexity index is 1060. The predicted molar refractivity (Wildman–Crippen MR) is 113 cm³/mol. The SMILES string of the molecule is CC1c2ccc(CN(C)C)cc2CCN1C(=O)c1cc2cc(Cl)ncc2n1C. The average molecular weight is 397 g/mol. The number of rotatable bonds is 3. The summed E-state index contributed by atoms with van der Waals surface area (Å²) in [5.41, 5.74) is 5.48. The molecule has 0 N–H and O–H groups in total. The second-order valence-corrected chi connectivity index (χ2v) is 8.24. The molecular weight excluding hydrogens is 372 g/mol. The normalized spacial score (nSPS) is 16.6. The van der Waals surface area contributed by atoms with Crippen molar-refractivity contribution in [3.8, 4) is 0 Å². The van der Waals surface area contributed by atoms with Crippen molar-refractivity contribution < 1.29 is 4.79 Å². The minimum Gasteiger partial charge on any atom is -0.338 e. The van der Waals surface area contributed by atoms with Crippen LogP contribution in [0.25, 0.3) is 10.9 Å². The second-order valence-electron chi connectivity index (χ2n) is 7.85. The van der Waals surface area contributed by atoms with E-state index in [1.807, 2.05) is 22.6 Å². The van der Waals surface area contributed by atoms with Crippen LogP contribution in [0.15, 0.2) is 36.5 Å². The molecule has 0 bridgehead atoms. The van der Waals surface area contributed by atoms with Gasteiger partial charge in [-0.2, -0.15) is 0 Å². The van der Waals surface area contributed by atoms with Gasteiger partial charge in [-0.25, -0.2) is 4.98 Å². The lowest BCUT2D eigenvalue weighted by Crippen LogP contribution is -2.39. The molecule has 146 valence electrons. The first-order valence-corrected chi connectivity index (χ1v) is 9.91. The number of carbonyl (C=O) groups is 1. The van der Waals surface area contributed by atoms with E-state index in [2.05, 4.69) is 49.1 Å². The first-order chi connectivity index (χ1) is 13.3. The van der Waals surface area contributed by atoms with Crippen LogP contribution in [-0.2, 0) is 20.0 Å². The molecule has 1 aromatic carbocycles. The summed E-state index contributed by atoms with van der Waals surface area (Å²) >= 11 is 6.01. The molecule has 0 saturated heterocycles. The van der Waals surface area contributed by atoms with Gasteiger partial charge in [-0.05, 0) is 56.3 Å². The summed E-state index contributed by atoms with van der Waals surface area (Å²) in [6, 6.07) is 10.4. The van der Waals surface area contributed by atoms with Gasteiger partial charge in [0, 0.05) is 25.5 Å². The van der Waals surface area contributed by atoms with Gasteiger partial charge in [0.2, 0.25) is 0 Å². The van der Waals surface area contributed by atoms with Gasteiger partial charge < -0.3 is 14.4 Å². The summed E-state index contributed by atoms with van der Waals surface area (Å²) in [7, 11) is 6.06. The van der Waals surface area contributed by atoms with Gasteiger partial charge in [0.05, 0.1) is 17.8 Å². The summed E-state index contributed by atoms with van der Waals surface area (Å²) < 4.78 is 1.91. The number of hydrogen-bond donors (Lipinski definition) is 0. The highest BCUT2D eigenvalue weighted by atomic mass is 35.5. The summed E-state index contributed by atoms with van der Waals surface area (Å²) in [4.78, 5) is 21.6. The van der Waals surface area contributed by atoms with E-state index in [0.717, 1.165) is 30.4 Å². The summed E-state index contributed by atoms with van der Waals surface area (Å²) in [6.45, 7) is 3.76. The van der Waals surface area contributed by atoms with Crippen LogP contribution in [0.5, 0.6) is 0 Å². The molecule has 6 heteroatoms. The molecule has 2 aromatic heterocycles. The lowest BCUT2D eigenvalue weighted by molar-refractivity contribution is 0.0668. The van der Waals surface area contributed by atoms with Crippen molar-refractivity contribution >= 4 is 28.4 Å². The number of aromatic nitrogens is 2. The zero-order valence-electron chi connectivity index (χ0n) is 16.7. The molecule has 3 heterocycles. The topological polar surface area (TPSA) is 41.4 Å². The smallest absolute Gasteiger partial charge is 0.271 e. The van der Waals surface area contributed by atoms with Crippen molar-refractivity contribution in [2.75, 3.05) is 20.6 Å². The Labute approximate surface area is 170 Å². The minimum absolute atomic E-state index is 0.0457. The van der Waals surface area contributed by atoms with Crippen molar-refractivity contribution in [3.05, 3.63) is 64.1 Å². The van der Waals surface area contributed by atoms with Gasteiger partial charge in [-0.3, -0.25) is 4.79 Å². The number of fused-ring (bicyclic) bond motifs is 2. The third-order valence-electron chi connectivity index (χ3n) is 5.62. The Balaban J connectivity index is 1.64. The van der Waals surface area contributed by atoms with Crippen LogP contribution in [0.1, 0.15) is 40.1 Å². The van der Waals surface area contributed by atoms with Crippen molar-refractivity contribution in [2.24, 2.45) is 7.05 Å². The van der Waals surface area contributed by atoms with E-state index in [4.69, 9.17) is 11.6 Å².